The van der Waals surface area contributed by atoms with Crippen molar-refractivity contribution in [1.82, 2.24) is 0 Å². The zero-order valence-corrected chi connectivity index (χ0v) is 9.55. The Bertz CT molecular complexity index is 308. The summed E-state index contributed by atoms with van der Waals surface area (Å²) in [5, 5.41) is 9.54. The molecule has 0 spiro atoms. The first-order chi connectivity index (χ1) is 6.07. The smallest absolute Gasteiger partial charge is 0.139 e. The molecule has 0 saturated carbocycles. The highest BCUT2D eigenvalue weighted by molar-refractivity contribution is 9.10. The zero-order chi connectivity index (χ0) is 10.0. The van der Waals surface area contributed by atoms with Gasteiger partial charge in [0.2, 0.25) is 0 Å². The average Bonchev–Trinajstić information content (AvgIpc) is 2.07. The molecule has 1 N–H and O–H groups in total. The number of hydrogen-bond donors (Lipinski definition) is 1. The Kier molecular flexibility index (Phi) is 3.33. The van der Waals surface area contributed by atoms with Crippen molar-refractivity contribution in [3.05, 3.63) is 27.7 Å². The standard InChI is InChI=1S/C10H13BrO2/c1-6-4-5-8(11)10(13-3)9(6)7(2)12/h4-5,7,12H,1-3H3. The van der Waals surface area contributed by atoms with Crippen molar-refractivity contribution in [3.8, 4) is 5.75 Å². The molecule has 1 unspecified atom stereocenters. The van der Waals surface area contributed by atoms with Gasteiger partial charge in [-0.15, -0.1) is 0 Å². The summed E-state index contributed by atoms with van der Waals surface area (Å²) >= 11 is 3.37. The Morgan fingerprint density at radius 3 is 2.46 bits per heavy atom. The monoisotopic (exact) mass is 244 g/mol. The molecule has 0 amide bonds. The molecule has 2 nitrogen and oxygen atoms in total. The molecule has 1 atom stereocenters. The first kappa shape index (κ1) is 10.5. The fourth-order valence-corrected chi connectivity index (χ4v) is 1.91. The van der Waals surface area contributed by atoms with Crippen LogP contribution < -0.4 is 4.74 Å². The third kappa shape index (κ3) is 2.03. The molecule has 13 heavy (non-hydrogen) atoms. The van der Waals surface area contributed by atoms with Gasteiger partial charge in [-0.3, -0.25) is 0 Å². The van der Waals surface area contributed by atoms with E-state index in [0.717, 1.165) is 21.3 Å². The van der Waals surface area contributed by atoms with Gasteiger partial charge >= 0.3 is 0 Å². The molecule has 0 aromatic heterocycles. The topological polar surface area (TPSA) is 29.5 Å². The molecule has 0 aliphatic carbocycles. The van der Waals surface area contributed by atoms with E-state index in [1.807, 2.05) is 19.1 Å². The van der Waals surface area contributed by atoms with Gasteiger partial charge in [0.1, 0.15) is 5.75 Å². The molecule has 0 fully saturated rings. The Morgan fingerprint density at radius 2 is 2.08 bits per heavy atom. The highest BCUT2D eigenvalue weighted by atomic mass is 79.9. The first-order valence-corrected chi connectivity index (χ1v) is 4.88. The Balaban J connectivity index is 3.35. The van der Waals surface area contributed by atoms with Crippen LogP contribution in [-0.2, 0) is 0 Å². The summed E-state index contributed by atoms with van der Waals surface area (Å²) in [4.78, 5) is 0. The van der Waals surface area contributed by atoms with E-state index in [0.29, 0.717) is 0 Å². The molecule has 0 bridgehead atoms. The Hall–Kier alpha value is -0.540. The van der Waals surface area contributed by atoms with E-state index in [9.17, 15) is 5.11 Å². The summed E-state index contributed by atoms with van der Waals surface area (Å²) in [6.45, 7) is 3.69. The summed E-state index contributed by atoms with van der Waals surface area (Å²) in [5.74, 6) is 0.718. The van der Waals surface area contributed by atoms with Crippen LogP contribution in [0.3, 0.4) is 0 Å². The third-order valence-electron chi connectivity index (χ3n) is 1.99. The van der Waals surface area contributed by atoms with Crippen LogP contribution >= 0.6 is 15.9 Å². The van der Waals surface area contributed by atoms with Crippen LogP contribution in [0.2, 0.25) is 0 Å². The second-order valence-corrected chi connectivity index (χ2v) is 3.84. The SMILES string of the molecule is COc1c(Br)ccc(C)c1C(C)O. The van der Waals surface area contributed by atoms with Crippen molar-refractivity contribution < 1.29 is 9.84 Å². The minimum absolute atomic E-state index is 0.507. The van der Waals surface area contributed by atoms with Gasteiger partial charge < -0.3 is 9.84 Å². The fourth-order valence-electron chi connectivity index (χ4n) is 1.40. The fraction of sp³-hybridized carbons (Fsp3) is 0.400. The maximum Gasteiger partial charge on any atom is 0.139 e. The number of aliphatic hydroxyl groups excluding tert-OH is 1. The lowest BCUT2D eigenvalue weighted by atomic mass is 10.0. The van der Waals surface area contributed by atoms with Crippen LogP contribution in [0, 0.1) is 6.92 Å². The van der Waals surface area contributed by atoms with Gasteiger partial charge in [-0.25, -0.2) is 0 Å². The maximum atomic E-state index is 9.54. The van der Waals surface area contributed by atoms with Gasteiger partial charge in [-0.05, 0) is 41.4 Å². The van der Waals surface area contributed by atoms with Crippen molar-refractivity contribution in [3.63, 3.8) is 0 Å². The van der Waals surface area contributed by atoms with Crippen molar-refractivity contribution >= 4 is 15.9 Å². The number of benzene rings is 1. The van der Waals surface area contributed by atoms with Crippen molar-refractivity contribution in [1.29, 1.82) is 0 Å². The maximum absolute atomic E-state index is 9.54. The molecule has 0 aliphatic rings. The van der Waals surface area contributed by atoms with E-state index in [2.05, 4.69) is 15.9 Å². The lowest BCUT2D eigenvalue weighted by Crippen LogP contribution is -2.00. The summed E-state index contributed by atoms with van der Waals surface area (Å²) in [7, 11) is 1.60. The predicted octanol–water partition coefficient (Wildman–Crippen LogP) is 2.82. The lowest BCUT2D eigenvalue weighted by Gasteiger charge is -2.15. The molecule has 1 aromatic rings. The number of aliphatic hydroxyl groups is 1. The minimum atomic E-state index is -0.507. The minimum Gasteiger partial charge on any atom is -0.495 e. The predicted molar refractivity (Wildman–Crippen MR) is 56.1 cm³/mol. The molecule has 0 aliphatic heterocycles. The number of ether oxygens (including phenoxy) is 1. The number of hydrogen-bond acceptors (Lipinski definition) is 2. The molecule has 72 valence electrons. The molecule has 0 heterocycles. The van der Waals surface area contributed by atoms with Gasteiger partial charge in [0, 0.05) is 5.56 Å². The molecular formula is C10H13BrO2. The van der Waals surface area contributed by atoms with Crippen molar-refractivity contribution in [2.75, 3.05) is 7.11 Å². The van der Waals surface area contributed by atoms with E-state index < -0.39 is 6.10 Å². The van der Waals surface area contributed by atoms with E-state index in [1.54, 1.807) is 14.0 Å². The first-order valence-electron chi connectivity index (χ1n) is 4.09. The second-order valence-electron chi connectivity index (χ2n) is 2.99. The highest BCUT2D eigenvalue weighted by Gasteiger charge is 2.14. The normalized spacial score (nSPS) is 12.7. The highest BCUT2D eigenvalue weighted by Crippen LogP contribution is 2.35. The van der Waals surface area contributed by atoms with Gasteiger partial charge in [-0.2, -0.15) is 0 Å². The van der Waals surface area contributed by atoms with E-state index >= 15 is 0 Å². The lowest BCUT2D eigenvalue weighted by molar-refractivity contribution is 0.193. The van der Waals surface area contributed by atoms with E-state index in [-0.39, 0.29) is 0 Å². The largest absolute Gasteiger partial charge is 0.495 e. The number of rotatable bonds is 2. The second kappa shape index (κ2) is 4.11. The number of methoxy groups -OCH3 is 1. The van der Waals surface area contributed by atoms with Gasteiger partial charge in [-0.1, -0.05) is 6.07 Å². The summed E-state index contributed by atoms with van der Waals surface area (Å²) < 4.78 is 6.08. The van der Waals surface area contributed by atoms with Crippen LogP contribution in [0.1, 0.15) is 24.2 Å². The summed E-state index contributed by atoms with van der Waals surface area (Å²) in [6.07, 6.45) is -0.507. The molecule has 0 saturated heterocycles. The average molecular weight is 245 g/mol. The molecule has 3 heteroatoms. The molecule has 0 radical (unpaired) electrons. The van der Waals surface area contributed by atoms with Gasteiger partial charge in [0.25, 0.3) is 0 Å². The molecular weight excluding hydrogens is 232 g/mol. The van der Waals surface area contributed by atoms with Crippen LogP contribution in [0.5, 0.6) is 5.75 Å². The quantitative estimate of drug-likeness (QED) is 0.868. The van der Waals surface area contributed by atoms with Crippen LogP contribution in [0.25, 0.3) is 0 Å². The Labute approximate surface area is 86.7 Å². The molecule has 1 rings (SSSR count). The van der Waals surface area contributed by atoms with Gasteiger partial charge in [0.05, 0.1) is 17.7 Å². The van der Waals surface area contributed by atoms with Crippen LogP contribution in [-0.4, -0.2) is 12.2 Å². The van der Waals surface area contributed by atoms with Crippen molar-refractivity contribution in [2.45, 2.75) is 20.0 Å². The molecule has 1 aromatic carbocycles. The zero-order valence-electron chi connectivity index (χ0n) is 7.97. The summed E-state index contributed by atoms with van der Waals surface area (Å²) in [5.41, 5.74) is 1.88. The van der Waals surface area contributed by atoms with Crippen LogP contribution in [0.4, 0.5) is 0 Å². The number of aryl methyl sites for hydroxylation is 1. The van der Waals surface area contributed by atoms with Crippen molar-refractivity contribution in [2.24, 2.45) is 0 Å². The van der Waals surface area contributed by atoms with E-state index in [4.69, 9.17) is 4.74 Å². The Morgan fingerprint density at radius 1 is 1.46 bits per heavy atom. The van der Waals surface area contributed by atoms with Crippen LogP contribution in [0.15, 0.2) is 16.6 Å². The van der Waals surface area contributed by atoms with Gasteiger partial charge in [0.15, 0.2) is 0 Å². The van der Waals surface area contributed by atoms with E-state index in [1.165, 1.54) is 0 Å². The number of halogens is 1. The third-order valence-corrected chi connectivity index (χ3v) is 2.61. The summed E-state index contributed by atoms with van der Waals surface area (Å²) in [6, 6.07) is 3.87.